The van der Waals surface area contributed by atoms with Gasteiger partial charge in [-0.05, 0) is 26.0 Å². The van der Waals surface area contributed by atoms with Gasteiger partial charge in [-0.3, -0.25) is 29.8 Å². The van der Waals surface area contributed by atoms with Gasteiger partial charge in [0.15, 0.2) is 11.6 Å². The molecule has 0 N–H and O–H groups in total. The van der Waals surface area contributed by atoms with E-state index in [0.29, 0.717) is 0 Å². The van der Waals surface area contributed by atoms with Crippen molar-refractivity contribution < 1.29 is 19.4 Å². The van der Waals surface area contributed by atoms with Crippen LogP contribution in [0.3, 0.4) is 0 Å². The number of hydrogen-bond donors (Lipinski definition) is 0. The Balaban J connectivity index is 6.06. The van der Waals surface area contributed by atoms with Crippen molar-refractivity contribution in [2.75, 3.05) is 0 Å². The first-order chi connectivity index (χ1) is 8.97. The lowest BCUT2D eigenvalue weighted by Crippen LogP contribution is -2.57. The lowest BCUT2D eigenvalue weighted by atomic mass is 9.79. The van der Waals surface area contributed by atoms with E-state index in [2.05, 4.69) is 0 Å². The van der Waals surface area contributed by atoms with Crippen molar-refractivity contribution in [1.82, 2.24) is 0 Å². The minimum atomic E-state index is -2.17. The minimum absolute atomic E-state index is 0.473. The number of carbonyl (C=O) groups is 2. The van der Waals surface area contributed by atoms with Crippen LogP contribution in [0, 0.1) is 20.2 Å². The molecule has 0 aromatic heterocycles. The molecular weight excluding hydrogens is 268 g/mol. The maximum absolute atomic E-state index is 11.2. The minimum Gasteiger partial charge on any atom is -0.295 e. The highest BCUT2D eigenvalue weighted by Crippen LogP contribution is 2.31. The van der Waals surface area contributed by atoms with Crippen molar-refractivity contribution in [2.24, 2.45) is 0 Å². The average Bonchev–Trinajstić information content (AvgIpc) is 2.31. The van der Waals surface area contributed by atoms with Gasteiger partial charge in [-0.2, -0.15) is 0 Å². The van der Waals surface area contributed by atoms with E-state index in [-0.39, 0.29) is 0 Å². The molecule has 0 aliphatic rings. The molecule has 0 radical (unpaired) electrons. The van der Waals surface area contributed by atoms with Gasteiger partial charge < -0.3 is 0 Å². The van der Waals surface area contributed by atoms with Gasteiger partial charge in [-0.25, -0.2) is 0 Å². The van der Waals surface area contributed by atoms with Crippen molar-refractivity contribution in [3.8, 4) is 0 Å². The van der Waals surface area contributed by atoms with Gasteiger partial charge in [0.1, 0.15) is 0 Å². The predicted octanol–water partition coefficient (Wildman–Crippen LogP) is 1.35. The third-order valence-corrected chi connectivity index (χ3v) is 3.07. The Bertz CT molecular complexity index is 464. The van der Waals surface area contributed by atoms with E-state index in [1.165, 1.54) is 13.8 Å². The molecule has 0 aliphatic carbocycles. The summed E-state index contributed by atoms with van der Waals surface area (Å²) < 4.78 is 0. The molecule has 20 heavy (non-hydrogen) atoms. The van der Waals surface area contributed by atoms with Crippen LogP contribution < -0.4 is 0 Å². The molecule has 0 saturated carbocycles. The van der Waals surface area contributed by atoms with Crippen LogP contribution in [-0.2, 0) is 9.59 Å². The fourth-order valence-electron chi connectivity index (χ4n) is 1.39. The van der Waals surface area contributed by atoms with E-state index in [4.69, 9.17) is 0 Å². The summed E-state index contributed by atoms with van der Waals surface area (Å²) in [7, 11) is 0. The summed E-state index contributed by atoms with van der Waals surface area (Å²) in [5.41, 5.74) is -4.35. The summed E-state index contributed by atoms with van der Waals surface area (Å²) in [6.07, 6.45) is 3.57. The number of ketones is 2. The molecule has 0 rings (SSSR count). The number of allylic oxidation sites excluding steroid dienone is 2. The second-order valence-corrected chi connectivity index (χ2v) is 4.70. The molecule has 8 nitrogen and oxygen atoms in total. The molecule has 0 aromatic rings. The Hall–Kier alpha value is -2.38. The maximum atomic E-state index is 11.2. The molecule has 110 valence electrons. The normalized spacial score (nSPS) is 17.6. The molecule has 0 bridgehead atoms. The van der Waals surface area contributed by atoms with Gasteiger partial charge in [0.25, 0.3) is 0 Å². The average molecular weight is 284 g/mol. The molecule has 0 aromatic carbocycles. The van der Waals surface area contributed by atoms with E-state index in [9.17, 15) is 29.8 Å². The molecule has 0 spiro atoms. The quantitative estimate of drug-likeness (QED) is 0.395. The smallest absolute Gasteiger partial charge is 0.295 e. The molecule has 0 amide bonds. The number of carbonyl (C=O) groups excluding carboxylic acids is 2. The van der Waals surface area contributed by atoms with Crippen LogP contribution in [0.15, 0.2) is 24.3 Å². The van der Waals surface area contributed by atoms with E-state index in [1.54, 1.807) is 0 Å². The first-order valence-corrected chi connectivity index (χ1v) is 5.66. The lowest BCUT2D eigenvalue weighted by Gasteiger charge is -2.27. The van der Waals surface area contributed by atoms with Crippen molar-refractivity contribution in [1.29, 1.82) is 0 Å². The van der Waals surface area contributed by atoms with Gasteiger partial charge in [0, 0.05) is 35.8 Å². The zero-order valence-electron chi connectivity index (χ0n) is 11.7. The van der Waals surface area contributed by atoms with Crippen LogP contribution in [0.2, 0.25) is 0 Å². The Kier molecular flexibility index (Phi) is 5.44. The van der Waals surface area contributed by atoms with Crippen molar-refractivity contribution in [3.05, 3.63) is 44.5 Å². The summed E-state index contributed by atoms with van der Waals surface area (Å²) in [4.78, 5) is 42.7. The zero-order valence-corrected chi connectivity index (χ0v) is 11.7. The number of rotatable bonds is 7. The highest BCUT2D eigenvalue weighted by molar-refractivity contribution is 5.88. The van der Waals surface area contributed by atoms with Gasteiger partial charge in [0.2, 0.25) is 0 Å². The first kappa shape index (κ1) is 17.6. The van der Waals surface area contributed by atoms with Gasteiger partial charge in [-0.1, -0.05) is 0 Å². The molecular formula is C12H16N2O6. The standard InChI is InChI=1S/C12H16N2O6/c1-9(15)5-7-11(3,13(17)18)12(4,14(19)20)8-6-10(2)16/h5-8H,1-4H3. The zero-order chi connectivity index (χ0) is 16.1. The Labute approximate surface area is 115 Å². The van der Waals surface area contributed by atoms with E-state index in [1.807, 2.05) is 0 Å². The van der Waals surface area contributed by atoms with Crippen LogP contribution in [0.4, 0.5) is 0 Å². The van der Waals surface area contributed by atoms with Crippen LogP contribution in [0.25, 0.3) is 0 Å². The second kappa shape index (κ2) is 6.18. The van der Waals surface area contributed by atoms with Crippen molar-refractivity contribution in [2.45, 2.75) is 38.8 Å². The fourth-order valence-corrected chi connectivity index (χ4v) is 1.39. The second-order valence-electron chi connectivity index (χ2n) is 4.70. The molecule has 2 unspecified atom stereocenters. The SMILES string of the molecule is CC(=O)C=CC(C)([N+](=O)[O-])C(C)(C=CC(C)=O)[N+](=O)[O-]. The molecule has 0 aliphatic heterocycles. The van der Waals surface area contributed by atoms with Crippen molar-refractivity contribution in [3.63, 3.8) is 0 Å². The monoisotopic (exact) mass is 284 g/mol. The van der Waals surface area contributed by atoms with Crippen LogP contribution in [-0.4, -0.2) is 32.5 Å². The van der Waals surface area contributed by atoms with E-state index in [0.717, 1.165) is 38.2 Å². The largest absolute Gasteiger partial charge is 0.309 e. The Morgan fingerprint density at radius 2 is 1.10 bits per heavy atom. The van der Waals surface area contributed by atoms with Crippen LogP contribution in [0.5, 0.6) is 0 Å². The molecule has 2 atom stereocenters. The predicted molar refractivity (Wildman–Crippen MR) is 70.4 cm³/mol. The van der Waals surface area contributed by atoms with Gasteiger partial charge >= 0.3 is 11.1 Å². The summed E-state index contributed by atoms with van der Waals surface area (Å²) in [6, 6.07) is 0. The topological polar surface area (TPSA) is 120 Å². The Morgan fingerprint density at radius 3 is 1.25 bits per heavy atom. The number of nitro groups is 2. The van der Waals surface area contributed by atoms with Gasteiger partial charge in [0.05, 0.1) is 0 Å². The summed E-state index contributed by atoms with van der Waals surface area (Å²) in [5, 5.41) is 22.5. The molecule has 8 heteroatoms. The van der Waals surface area contributed by atoms with Crippen molar-refractivity contribution >= 4 is 11.6 Å². The van der Waals surface area contributed by atoms with Gasteiger partial charge in [-0.15, -0.1) is 0 Å². The molecule has 0 heterocycles. The van der Waals surface area contributed by atoms with Crippen LogP contribution in [0.1, 0.15) is 27.7 Å². The molecule has 0 fully saturated rings. The highest BCUT2D eigenvalue weighted by atomic mass is 16.6. The third-order valence-electron chi connectivity index (χ3n) is 3.07. The third kappa shape index (κ3) is 3.56. The summed E-state index contributed by atoms with van der Waals surface area (Å²) in [6.45, 7) is 4.40. The van der Waals surface area contributed by atoms with E-state index >= 15 is 0 Å². The highest BCUT2D eigenvalue weighted by Gasteiger charge is 2.61. The number of hydrogen-bond acceptors (Lipinski definition) is 6. The Morgan fingerprint density at radius 1 is 0.850 bits per heavy atom. The maximum Gasteiger partial charge on any atom is 0.309 e. The summed E-state index contributed by atoms with van der Waals surface area (Å²) in [5.74, 6) is -0.946. The first-order valence-electron chi connectivity index (χ1n) is 5.66. The van der Waals surface area contributed by atoms with Crippen LogP contribution >= 0.6 is 0 Å². The number of nitrogens with zero attached hydrogens (tertiary/aromatic N) is 2. The lowest BCUT2D eigenvalue weighted by molar-refractivity contribution is -0.659. The fraction of sp³-hybridized carbons (Fsp3) is 0.500. The molecule has 0 saturated heterocycles. The summed E-state index contributed by atoms with van der Waals surface area (Å²) >= 11 is 0. The van der Waals surface area contributed by atoms with E-state index < -0.39 is 32.5 Å².